The van der Waals surface area contributed by atoms with Gasteiger partial charge in [0, 0.05) is 5.56 Å². The van der Waals surface area contributed by atoms with E-state index in [9.17, 15) is 19.1 Å². The van der Waals surface area contributed by atoms with E-state index in [0.717, 1.165) is 0 Å². The molecule has 2 rings (SSSR count). The third kappa shape index (κ3) is 3.70. The molecule has 0 spiro atoms. The molecule has 5 nitrogen and oxygen atoms in total. The van der Waals surface area contributed by atoms with E-state index >= 15 is 0 Å². The van der Waals surface area contributed by atoms with E-state index in [1.165, 1.54) is 18.2 Å². The van der Waals surface area contributed by atoms with Crippen LogP contribution in [0.3, 0.4) is 0 Å². The van der Waals surface area contributed by atoms with Gasteiger partial charge in [0.15, 0.2) is 5.78 Å². The van der Waals surface area contributed by atoms with Crippen LogP contribution in [0.5, 0.6) is 0 Å². The van der Waals surface area contributed by atoms with E-state index in [1.54, 1.807) is 20.8 Å². The van der Waals surface area contributed by atoms with E-state index in [4.69, 9.17) is 16.3 Å². The molecule has 132 valence electrons. The molecule has 2 N–H and O–H groups in total. The summed E-state index contributed by atoms with van der Waals surface area (Å²) < 4.78 is 19.8. The van der Waals surface area contributed by atoms with E-state index in [1.807, 2.05) is 0 Å². The lowest BCUT2D eigenvalue weighted by molar-refractivity contribution is -0.138. The summed E-state index contributed by atoms with van der Waals surface area (Å²) in [5, 5.41) is 12.3. The average molecular weight is 358 g/mol. The largest absolute Gasteiger partial charge is 0.444 e. The van der Waals surface area contributed by atoms with E-state index in [0.29, 0.717) is 6.42 Å². The molecule has 0 saturated heterocycles. The maximum Gasteiger partial charge on any atom is 0.408 e. The summed E-state index contributed by atoms with van der Waals surface area (Å²) in [7, 11) is 0. The summed E-state index contributed by atoms with van der Waals surface area (Å²) in [6.07, 6.45) is -1.29. The molecule has 1 amide bonds. The number of benzene rings is 1. The molecule has 1 fully saturated rings. The number of aliphatic hydroxyl groups excluding tert-OH is 1. The highest BCUT2D eigenvalue weighted by molar-refractivity contribution is 6.30. The van der Waals surface area contributed by atoms with Crippen molar-refractivity contribution in [2.24, 2.45) is 0 Å². The molecule has 0 heterocycles. The van der Waals surface area contributed by atoms with Gasteiger partial charge in [-0.15, -0.1) is 0 Å². The van der Waals surface area contributed by atoms with Crippen molar-refractivity contribution in [3.8, 4) is 0 Å². The topological polar surface area (TPSA) is 75.6 Å². The summed E-state index contributed by atoms with van der Waals surface area (Å²) in [6.45, 7) is 5.03. The number of carbonyl (C=O) groups is 2. The number of ether oxygens (including phenoxy) is 1. The Balaban J connectivity index is 2.48. The first-order valence-electron chi connectivity index (χ1n) is 7.75. The van der Waals surface area contributed by atoms with Crippen molar-refractivity contribution in [1.82, 2.24) is 5.32 Å². The van der Waals surface area contributed by atoms with Crippen LogP contribution in [0.2, 0.25) is 5.02 Å². The second kappa shape index (κ2) is 6.69. The second-order valence-electron chi connectivity index (χ2n) is 6.91. The first-order valence-corrected chi connectivity index (χ1v) is 8.13. The quantitative estimate of drug-likeness (QED) is 0.851. The Morgan fingerprint density at radius 3 is 2.75 bits per heavy atom. The van der Waals surface area contributed by atoms with Crippen molar-refractivity contribution >= 4 is 23.5 Å². The Labute approximate surface area is 145 Å². The van der Waals surface area contributed by atoms with Crippen LogP contribution < -0.4 is 5.32 Å². The van der Waals surface area contributed by atoms with Gasteiger partial charge in [-0.1, -0.05) is 23.7 Å². The van der Waals surface area contributed by atoms with Gasteiger partial charge in [-0.3, -0.25) is 4.79 Å². The minimum absolute atomic E-state index is 0.0652. The van der Waals surface area contributed by atoms with Crippen molar-refractivity contribution in [3.63, 3.8) is 0 Å². The van der Waals surface area contributed by atoms with Gasteiger partial charge in [-0.05, 0) is 46.1 Å². The number of alkyl carbamates (subject to hydrolysis) is 1. The number of aliphatic hydroxyl groups is 1. The first kappa shape index (κ1) is 18.7. The molecule has 2 unspecified atom stereocenters. The average Bonchev–Trinajstić information content (AvgIpc) is 2.45. The Kier molecular flexibility index (Phi) is 5.20. The molecule has 24 heavy (non-hydrogen) atoms. The molecule has 0 radical (unpaired) electrons. The van der Waals surface area contributed by atoms with Gasteiger partial charge in [0.2, 0.25) is 0 Å². The van der Waals surface area contributed by atoms with Crippen LogP contribution in [-0.2, 0) is 15.1 Å². The number of hydrogen-bond acceptors (Lipinski definition) is 4. The molecule has 0 aliphatic heterocycles. The number of carbonyl (C=O) groups excluding carboxylic acids is 2. The third-order valence-corrected chi connectivity index (χ3v) is 4.17. The fourth-order valence-electron chi connectivity index (χ4n) is 2.87. The molecular weight excluding hydrogens is 337 g/mol. The maximum absolute atomic E-state index is 14.6. The monoisotopic (exact) mass is 357 g/mol. The highest BCUT2D eigenvalue weighted by atomic mass is 35.5. The lowest BCUT2D eigenvalue weighted by Crippen LogP contribution is -2.58. The highest BCUT2D eigenvalue weighted by Gasteiger charge is 2.49. The number of amides is 1. The van der Waals surface area contributed by atoms with Crippen LogP contribution in [0.4, 0.5) is 9.18 Å². The fraction of sp³-hybridized carbons (Fsp3) is 0.529. The van der Waals surface area contributed by atoms with Crippen LogP contribution in [0.15, 0.2) is 18.2 Å². The van der Waals surface area contributed by atoms with Crippen molar-refractivity contribution in [3.05, 3.63) is 34.6 Å². The van der Waals surface area contributed by atoms with Gasteiger partial charge < -0.3 is 15.2 Å². The Morgan fingerprint density at radius 2 is 2.12 bits per heavy atom. The third-order valence-electron chi connectivity index (χ3n) is 3.88. The summed E-state index contributed by atoms with van der Waals surface area (Å²) in [4.78, 5) is 24.9. The van der Waals surface area contributed by atoms with Gasteiger partial charge >= 0.3 is 6.09 Å². The Hall–Kier alpha value is -1.66. The number of halogens is 2. The molecule has 7 heteroatoms. The zero-order valence-electron chi connectivity index (χ0n) is 13.9. The Bertz CT molecular complexity index is 658. The summed E-state index contributed by atoms with van der Waals surface area (Å²) in [6, 6.07) is 4.23. The summed E-state index contributed by atoms with van der Waals surface area (Å²) in [5.41, 5.74) is -2.55. The van der Waals surface area contributed by atoms with Crippen LogP contribution in [0.1, 0.15) is 45.6 Å². The van der Waals surface area contributed by atoms with Crippen LogP contribution in [-0.4, -0.2) is 28.7 Å². The molecule has 1 aliphatic rings. The van der Waals surface area contributed by atoms with Crippen LogP contribution in [0, 0.1) is 5.82 Å². The van der Waals surface area contributed by atoms with E-state index in [2.05, 4.69) is 5.32 Å². The smallest absolute Gasteiger partial charge is 0.408 e. The van der Waals surface area contributed by atoms with Crippen molar-refractivity contribution < 1.29 is 23.8 Å². The number of ketones is 1. The Morgan fingerprint density at radius 1 is 1.46 bits per heavy atom. The lowest BCUT2D eigenvalue weighted by atomic mass is 9.74. The summed E-state index contributed by atoms with van der Waals surface area (Å²) in [5.74, 6) is -1.46. The molecule has 0 aromatic heterocycles. The van der Waals surface area contributed by atoms with Gasteiger partial charge in [0.1, 0.15) is 23.1 Å². The molecule has 0 bridgehead atoms. The van der Waals surface area contributed by atoms with Crippen molar-refractivity contribution in [1.29, 1.82) is 0 Å². The maximum atomic E-state index is 14.6. The van der Waals surface area contributed by atoms with Crippen LogP contribution >= 0.6 is 11.6 Å². The molecule has 2 atom stereocenters. The van der Waals surface area contributed by atoms with Gasteiger partial charge in [-0.25, -0.2) is 9.18 Å². The van der Waals surface area contributed by atoms with Gasteiger partial charge in [0.05, 0.1) is 5.02 Å². The molecular formula is C17H21ClFNO4. The van der Waals surface area contributed by atoms with Gasteiger partial charge in [0.25, 0.3) is 0 Å². The minimum atomic E-state index is -1.70. The molecule has 1 aliphatic carbocycles. The van der Waals surface area contributed by atoms with E-state index in [-0.39, 0.29) is 23.4 Å². The second-order valence-corrected chi connectivity index (χ2v) is 7.31. The highest BCUT2D eigenvalue weighted by Crippen LogP contribution is 2.38. The molecule has 1 aromatic rings. The zero-order chi connectivity index (χ0) is 18.1. The predicted octanol–water partition coefficient (Wildman–Crippen LogP) is 3.31. The normalized spacial score (nSPS) is 24.6. The number of Topliss-reactive ketones (excluding diaryl/α,β-unsaturated/α-hetero) is 1. The minimum Gasteiger partial charge on any atom is -0.444 e. The fourth-order valence-corrected chi connectivity index (χ4v) is 3.04. The SMILES string of the molecule is CC(C)(C)OC(=O)NC1(c2cccc(Cl)c2F)CCCC(O)C1=O. The number of rotatable bonds is 2. The first-order chi connectivity index (χ1) is 11.1. The molecule has 1 saturated carbocycles. The summed E-state index contributed by atoms with van der Waals surface area (Å²) >= 11 is 5.83. The van der Waals surface area contributed by atoms with Crippen molar-refractivity contribution in [2.75, 3.05) is 0 Å². The molecule has 1 aromatic carbocycles. The van der Waals surface area contributed by atoms with Crippen molar-refractivity contribution in [2.45, 2.75) is 57.3 Å². The zero-order valence-corrected chi connectivity index (χ0v) is 14.6. The predicted molar refractivity (Wildman–Crippen MR) is 87.3 cm³/mol. The number of nitrogens with one attached hydrogen (secondary N) is 1. The lowest BCUT2D eigenvalue weighted by Gasteiger charge is -2.39. The van der Waals surface area contributed by atoms with Gasteiger partial charge in [-0.2, -0.15) is 0 Å². The van der Waals surface area contributed by atoms with E-state index < -0.39 is 34.9 Å². The number of hydrogen-bond donors (Lipinski definition) is 2. The standard InChI is InChI=1S/C17H21ClFNO4/c1-16(2,3)24-15(23)20-17(9-5-8-12(21)14(17)22)10-6-4-7-11(18)13(10)19/h4,6-7,12,21H,5,8-9H2,1-3H3,(H,20,23). The van der Waals surface area contributed by atoms with Crippen LogP contribution in [0.25, 0.3) is 0 Å².